The van der Waals surface area contributed by atoms with Crippen LogP contribution in [0.15, 0.2) is 24.8 Å². The van der Waals surface area contributed by atoms with Gasteiger partial charge in [0.1, 0.15) is 23.0 Å². The smallest absolute Gasteiger partial charge is 0.142 e. The summed E-state index contributed by atoms with van der Waals surface area (Å²) in [6, 6.07) is 0. The van der Waals surface area contributed by atoms with Crippen molar-refractivity contribution >= 4 is 0 Å². The summed E-state index contributed by atoms with van der Waals surface area (Å²) in [5.41, 5.74) is 22.5. The molecule has 264 valence electrons. The molecule has 0 saturated heterocycles. The van der Waals surface area contributed by atoms with Crippen molar-refractivity contribution in [2.24, 2.45) is 17.2 Å². The van der Waals surface area contributed by atoms with Crippen LogP contribution in [0.1, 0.15) is 67.3 Å². The summed E-state index contributed by atoms with van der Waals surface area (Å²) >= 11 is 0. The predicted molar refractivity (Wildman–Crippen MR) is 176 cm³/mol. The fourth-order valence-electron chi connectivity index (χ4n) is 4.14. The van der Waals surface area contributed by atoms with E-state index in [1.165, 1.54) is 24.8 Å². The molecule has 0 unspecified atom stereocenters. The molecule has 0 fully saturated rings. The van der Waals surface area contributed by atoms with Crippen molar-refractivity contribution in [1.82, 2.24) is 19.9 Å². The van der Waals surface area contributed by atoms with Crippen LogP contribution in [0.2, 0.25) is 0 Å². The molecule has 0 spiro atoms. The minimum Gasteiger partial charge on any atom is -0.506 e. The monoisotopic (exact) mass is 673 g/mol. The Morgan fingerprint density at radius 1 is 0.396 bits per heavy atom. The lowest BCUT2D eigenvalue weighted by Crippen LogP contribution is -2.04. The Labute approximate surface area is 278 Å². The van der Waals surface area contributed by atoms with Gasteiger partial charge in [0.15, 0.2) is 0 Å². The fourth-order valence-corrected chi connectivity index (χ4v) is 4.14. The van der Waals surface area contributed by atoms with Gasteiger partial charge in [-0.25, -0.2) is 0 Å². The number of aliphatic hydroxyl groups excluding tert-OH is 5. The van der Waals surface area contributed by atoms with Crippen LogP contribution in [0.5, 0.6) is 23.0 Å². The van der Waals surface area contributed by atoms with E-state index in [-0.39, 0.29) is 75.7 Å². The lowest BCUT2D eigenvalue weighted by atomic mass is 10.1. The number of nitrogens with two attached hydrogens (primary N) is 3. The summed E-state index contributed by atoms with van der Waals surface area (Å²) in [6.45, 7) is 6.40. The van der Waals surface area contributed by atoms with Crippen LogP contribution in [0.25, 0.3) is 0 Å². The van der Waals surface area contributed by atoms with Crippen LogP contribution in [0.3, 0.4) is 0 Å². The van der Waals surface area contributed by atoms with Gasteiger partial charge in [0, 0.05) is 88.9 Å². The first-order valence-corrected chi connectivity index (χ1v) is 14.6. The van der Waals surface area contributed by atoms with Gasteiger partial charge in [-0.05, 0) is 27.7 Å². The number of nitrogens with zero attached hydrogens (tertiary/aromatic N) is 4. The second-order valence-electron chi connectivity index (χ2n) is 10.2. The minimum absolute atomic E-state index is 0.0379. The Kier molecular flexibility index (Phi) is 17.9. The molecule has 0 aromatic carbocycles. The Morgan fingerprint density at radius 3 is 0.792 bits per heavy atom. The first-order valence-electron chi connectivity index (χ1n) is 14.6. The lowest BCUT2D eigenvalue weighted by Gasteiger charge is -2.08. The highest BCUT2D eigenvalue weighted by molar-refractivity contribution is 5.42. The highest BCUT2D eigenvalue weighted by atomic mass is 16.3. The van der Waals surface area contributed by atoms with Gasteiger partial charge in [0.25, 0.3) is 0 Å². The molecule has 0 amide bonds. The van der Waals surface area contributed by atoms with Crippen LogP contribution >= 0.6 is 0 Å². The van der Waals surface area contributed by atoms with E-state index in [1.807, 2.05) is 0 Å². The lowest BCUT2D eigenvalue weighted by molar-refractivity contribution is 0.254. The van der Waals surface area contributed by atoms with Crippen molar-refractivity contribution in [2.75, 3.05) is 0 Å². The number of aromatic nitrogens is 4. The molecule has 0 radical (unpaired) electrons. The van der Waals surface area contributed by atoms with Gasteiger partial charge in [-0.2, -0.15) is 0 Å². The Balaban J connectivity index is 0.000000320. The third kappa shape index (κ3) is 10.8. The molecule has 4 heterocycles. The molecule has 0 saturated carbocycles. The van der Waals surface area contributed by atoms with E-state index in [9.17, 15) is 20.4 Å². The van der Waals surface area contributed by atoms with Crippen LogP contribution < -0.4 is 17.2 Å². The van der Waals surface area contributed by atoms with Gasteiger partial charge in [-0.1, -0.05) is 0 Å². The van der Waals surface area contributed by atoms with E-state index in [1.54, 1.807) is 27.7 Å². The van der Waals surface area contributed by atoms with Crippen molar-refractivity contribution in [1.29, 1.82) is 0 Å². The molecule has 0 aliphatic heterocycles. The number of aryl methyl sites for hydroxylation is 4. The first-order chi connectivity index (χ1) is 22.8. The summed E-state index contributed by atoms with van der Waals surface area (Å²) < 4.78 is 0. The third-order valence-corrected chi connectivity index (χ3v) is 7.17. The molecule has 0 aliphatic carbocycles. The number of rotatable bonds is 8. The number of hydrogen-bond donors (Lipinski definition) is 12. The van der Waals surface area contributed by atoms with E-state index >= 15 is 0 Å². The van der Waals surface area contributed by atoms with Crippen molar-refractivity contribution in [3.8, 4) is 23.0 Å². The summed E-state index contributed by atoms with van der Waals surface area (Å²) in [5, 5.41) is 82.0. The maximum atomic E-state index is 9.46. The van der Waals surface area contributed by atoms with Gasteiger partial charge in [0.05, 0.1) is 55.8 Å². The highest BCUT2D eigenvalue weighted by Gasteiger charge is 2.11. The molecule has 16 heteroatoms. The average molecular weight is 674 g/mol. The van der Waals surface area contributed by atoms with Gasteiger partial charge in [0.2, 0.25) is 0 Å². The maximum Gasteiger partial charge on any atom is 0.142 e. The third-order valence-electron chi connectivity index (χ3n) is 7.17. The molecule has 0 aliphatic rings. The predicted octanol–water partition coefficient (Wildman–Crippen LogP) is 0.220. The standard InChI is InChI=1S/3C8H12N2O2.C8H11NO3/c3*1-5-8(12)7(2-9)6(4-11)3-10-5;1-5-8(12)7(4-11)6(3-10)2-9-5/h3*3,11-12H,2,4,9H2,1H3;2,10-12H,3-4H2,1H3. The molecule has 0 atom stereocenters. The molecule has 15 N–H and O–H groups in total. The summed E-state index contributed by atoms with van der Waals surface area (Å²) in [5.74, 6) is 0.223. The Bertz CT molecular complexity index is 1380. The quantitative estimate of drug-likeness (QED) is 0.119. The Morgan fingerprint density at radius 2 is 0.604 bits per heavy atom. The van der Waals surface area contributed by atoms with Gasteiger partial charge < -0.3 is 63.2 Å². The Hall–Kier alpha value is -4.52. The number of pyridine rings is 4. The van der Waals surface area contributed by atoms with Gasteiger partial charge in [-0.3, -0.25) is 19.9 Å². The van der Waals surface area contributed by atoms with E-state index in [0.29, 0.717) is 67.3 Å². The topological polar surface area (TPSA) is 312 Å². The fraction of sp³-hybridized carbons (Fsp3) is 0.375. The normalized spacial score (nSPS) is 10.2. The number of hydrogen-bond acceptors (Lipinski definition) is 16. The maximum absolute atomic E-state index is 9.46. The van der Waals surface area contributed by atoms with E-state index in [2.05, 4.69) is 19.9 Å². The zero-order valence-electron chi connectivity index (χ0n) is 27.5. The largest absolute Gasteiger partial charge is 0.506 e. The molecular formula is C32H47N7O9. The zero-order valence-corrected chi connectivity index (χ0v) is 27.5. The summed E-state index contributed by atoms with van der Waals surface area (Å²) in [7, 11) is 0. The molecule has 16 nitrogen and oxygen atoms in total. The molecule has 4 rings (SSSR count). The first kappa shape index (κ1) is 41.5. The van der Waals surface area contributed by atoms with Crippen LogP contribution in [-0.4, -0.2) is 65.9 Å². The van der Waals surface area contributed by atoms with Crippen LogP contribution in [0, 0.1) is 27.7 Å². The zero-order chi connectivity index (χ0) is 36.6. The van der Waals surface area contributed by atoms with Crippen LogP contribution in [-0.2, 0) is 52.7 Å². The molecule has 4 aromatic heterocycles. The van der Waals surface area contributed by atoms with Crippen molar-refractivity contribution in [2.45, 2.75) is 80.4 Å². The van der Waals surface area contributed by atoms with Crippen molar-refractivity contribution in [3.63, 3.8) is 0 Å². The number of aromatic hydroxyl groups is 4. The van der Waals surface area contributed by atoms with Crippen LogP contribution in [0.4, 0.5) is 0 Å². The molecule has 48 heavy (non-hydrogen) atoms. The molecular weight excluding hydrogens is 626 g/mol. The van der Waals surface area contributed by atoms with Gasteiger partial charge >= 0.3 is 0 Å². The van der Waals surface area contributed by atoms with Crippen molar-refractivity contribution < 1.29 is 46.0 Å². The van der Waals surface area contributed by atoms with E-state index in [0.717, 1.165) is 0 Å². The molecule has 4 aromatic rings. The van der Waals surface area contributed by atoms with Crippen molar-refractivity contribution in [3.05, 3.63) is 92.1 Å². The summed E-state index contributed by atoms with van der Waals surface area (Å²) in [4.78, 5) is 15.5. The molecule has 0 bridgehead atoms. The SMILES string of the molecule is Cc1ncc(CO)c(CN)c1O.Cc1ncc(CO)c(CN)c1O.Cc1ncc(CO)c(CN)c1O.Cc1ncc(CO)c(CO)c1O. The second kappa shape index (κ2) is 20.7. The van der Waals surface area contributed by atoms with E-state index < -0.39 is 0 Å². The minimum atomic E-state index is -0.287. The number of aliphatic hydroxyl groups is 5. The van der Waals surface area contributed by atoms with Gasteiger partial charge in [-0.15, -0.1) is 0 Å². The average Bonchev–Trinajstić information content (AvgIpc) is 3.10. The second-order valence-corrected chi connectivity index (χ2v) is 10.2. The van der Waals surface area contributed by atoms with E-state index in [4.69, 9.17) is 42.7 Å². The highest BCUT2D eigenvalue weighted by Crippen LogP contribution is 2.25. The summed E-state index contributed by atoms with van der Waals surface area (Å²) in [6.07, 6.45) is 6.02.